The van der Waals surface area contributed by atoms with Gasteiger partial charge in [0, 0.05) is 24.3 Å². The number of rotatable bonds is 6. The molecule has 0 rings (SSSR count). The van der Waals surface area contributed by atoms with Gasteiger partial charge in [0.2, 0.25) is 5.91 Å². The van der Waals surface area contributed by atoms with Crippen LogP contribution in [-0.2, 0) is 14.6 Å². The van der Waals surface area contributed by atoms with Crippen LogP contribution in [0.4, 0.5) is 0 Å². The van der Waals surface area contributed by atoms with Crippen LogP contribution >= 0.6 is 0 Å². The normalized spacial score (nSPS) is 12.5. The molecule has 0 unspecified atom stereocenters. The van der Waals surface area contributed by atoms with Gasteiger partial charge in [0.1, 0.15) is 0 Å². The number of nitrogens with two attached hydrogens (primary N) is 1. The summed E-state index contributed by atoms with van der Waals surface area (Å²) in [6.07, 6.45) is 0.194. The Bertz CT molecular complexity index is 304. The highest BCUT2D eigenvalue weighted by Crippen LogP contribution is 2.02. The van der Waals surface area contributed by atoms with Gasteiger partial charge in [-0.1, -0.05) is 6.92 Å². The summed E-state index contributed by atoms with van der Waals surface area (Å²) >= 11 is 0. The van der Waals surface area contributed by atoms with Crippen LogP contribution in [0.5, 0.6) is 0 Å². The third-order valence-corrected chi connectivity index (χ3v) is 3.50. The van der Waals surface area contributed by atoms with Gasteiger partial charge in [0.25, 0.3) is 0 Å². The highest BCUT2D eigenvalue weighted by molar-refractivity contribution is 7.91. The lowest BCUT2D eigenvalue weighted by atomic mass is 10.0. The Morgan fingerprint density at radius 1 is 1.40 bits per heavy atom. The van der Waals surface area contributed by atoms with Crippen molar-refractivity contribution < 1.29 is 13.2 Å². The lowest BCUT2D eigenvalue weighted by Crippen LogP contribution is -2.40. The highest BCUT2D eigenvalue weighted by atomic mass is 32.2. The third kappa shape index (κ3) is 8.38. The molecule has 0 spiro atoms. The van der Waals surface area contributed by atoms with Gasteiger partial charge in [-0.3, -0.25) is 4.79 Å². The molecule has 1 amide bonds. The first-order valence-corrected chi connectivity index (χ1v) is 6.74. The fraction of sp³-hybridized carbons (Fsp3) is 0.889. The van der Waals surface area contributed by atoms with Gasteiger partial charge in [-0.25, -0.2) is 8.42 Å². The molecule has 0 saturated carbocycles. The Morgan fingerprint density at radius 2 is 1.93 bits per heavy atom. The van der Waals surface area contributed by atoms with E-state index >= 15 is 0 Å². The average molecular weight is 236 g/mol. The van der Waals surface area contributed by atoms with Crippen molar-refractivity contribution >= 4 is 15.7 Å². The van der Waals surface area contributed by atoms with E-state index in [1.54, 1.807) is 20.8 Å². The summed E-state index contributed by atoms with van der Waals surface area (Å²) in [5.74, 6) is -0.125. The second-order valence-electron chi connectivity index (χ2n) is 4.25. The summed E-state index contributed by atoms with van der Waals surface area (Å²) in [5.41, 5.74) is 5.08. The molecule has 5 nitrogen and oxygen atoms in total. The maximum Gasteiger partial charge on any atom is 0.221 e. The summed E-state index contributed by atoms with van der Waals surface area (Å²) in [6, 6.07) is 0. The van der Waals surface area contributed by atoms with Gasteiger partial charge in [0.15, 0.2) is 9.84 Å². The van der Waals surface area contributed by atoms with E-state index in [0.717, 1.165) is 0 Å². The number of hydrogen-bond acceptors (Lipinski definition) is 4. The molecule has 3 N–H and O–H groups in total. The second-order valence-corrected chi connectivity index (χ2v) is 6.72. The first kappa shape index (κ1) is 14.4. The largest absolute Gasteiger partial charge is 0.355 e. The Labute approximate surface area is 91.3 Å². The fourth-order valence-corrected chi connectivity index (χ4v) is 1.67. The molecule has 15 heavy (non-hydrogen) atoms. The van der Waals surface area contributed by atoms with E-state index in [9.17, 15) is 13.2 Å². The SMILES string of the molecule is CCS(=O)(=O)CCNC(=O)CC(C)(C)N. The standard InChI is InChI=1S/C9H20N2O3S/c1-4-15(13,14)6-5-11-8(12)7-9(2,3)10/h4-7,10H2,1-3H3,(H,11,12). The summed E-state index contributed by atoms with van der Waals surface area (Å²) in [6.45, 7) is 5.23. The molecular weight excluding hydrogens is 216 g/mol. The van der Waals surface area contributed by atoms with Crippen LogP contribution in [-0.4, -0.2) is 37.9 Å². The average Bonchev–Trinajstić information content (AvgIpc) is 2.00. The second kappa shape index (κ2) is 5.46. The van der Waals surface area contributed by atoms with Crippen molar-refractivity contribution in [2.75, 3.05) is 18.1 Å². The molecular formula is C9H20N2O3S. The van der Waals surface area contributed by atoms with Crippen molar-refractivity contribution in [1.82, 2.24) is 5.32 Å². The Balaban J connectivity index is 3.84. The molecule has 0 fully saturated rings. The van der Waals surface area contributed by atoms with E-state index in [-0.39, 0.29) is 30.4 Å². The van der Waals surface area contributed by atoms with Gasteiger partial charge in [0.05, 0.1) is 5.75 Å². The molecule has 90 valence electrons. The number of sulfone groups is 1. The molecule has 0 aliphatic heterocycles. The fourth-order valence-electron chi connectivity index (χ4n) is 0.967. The van der Waals surface area contributed by atoms with Gasteiger partial charge >= 0.3 is 0 Å². The molecule has 0 aliphatic carbocycles. The molecule has 0 radical (unpaired) electrons. The predicted molar refractivity (Wildman–Crippen MR) is 60.2 cm³/mol. The van der Waals surface area contributed by atoms with E-state index in [1.807, 2.05) is 0 Å². The maximum atomic E-state index is 11.2. The minimum atomic E-state index is -3.00. The zero-order chi connectivity index (χ0) is 12.1. The van der Waals surface area contributed by atoms with E-state index < -0.39 is 15.4 Å². The van der Waals surface area contributed by atoms with E-state index in [2.05, 4.69) is 5.32 Å². The summed E-state index contributed by atoms with van der Waals surface area (Å²) in [5, 5.41) is 2.53. The quantitative estimate of drug-likeness (QED) is 0.660. The van der Waals surface area contributed by atoms with E-state index in [0.29, 0.717) is 0 Å². The maximum absolute atomic E-state index is 11.2. The van der Waals surface area contributed by atoms with Crippen molar-refractivity contribution in [3.05, 3.63) is 0 Å². The number of hydrogen-bond donors (Lipinski definition) is 2. The first-order valence-electron chi connectivity index (χ1n) is 4.92. The topological polar surface area (TPSA) is 89.3 Å². The number of carbonyl (C=O) groups is 1. The smallest absolute Gasteiger partial charge is 0.221 e. The van der Waals surface area contributed by atoms with Crippen molar-refractivity contribution in [1.29, 1.82) is 0 Å². The zero-order valence-corrected chi connectivity index (χ0v) is 10.4. The third-order valence-electron chi connectivity index (χ3n) is 1.79. The molecule has 6 heteroatoms. The monoisotopic (exact) mass is 236 g/mol. The van der Waals surface area contributed by atoms with Crippen LogP contribution in [0.1, 0.15) is 27.2 Å². The summed E-state index contributed by atoms with van der Waals surface area (Å²) < 4.78 is 22.2. The number of nitrogens with one attached hydrogen (secondary N) is 1. The minimum absolute atomic E-state index is 0.0137. The van der Waals surface area contributed by atoms with Crippen LogP contribution in [0.15, 0.2) is 0 Å². The Hall–Kier alpha value is -0.620. The van der Waals surface area contributed by atoms with E-state index in [1.165, 1.54) is 0 Å². The highest BCUT2D eigenvalue weighted by Gasteiger charge is 2.16. The summed E-state index contributed by atoms with van der Waals surface area (Å²) in [7, 11) is -3.00. The van der Waals surface area contributed by atoms with Gasteiger partial charge in [-0.15, -0.1) is 0 Å². The number of amides is 1. The van der Waals surface area contributed by atoms with Crippen molar-refractivity contribution in [3.63, 3.8) is 0 Å². The summed E-state index contributed by atoms with van der Waals surface area (Å²) in [4.78, 5) is 11.2. The molecule has 0 aromatic carbocycles. The van der Waals surface area contributed by atoms with Gasteiger partial charge in [-0.05, 0) is 13.8 Å². The predicted octanol–water partition coefficient (Wildman–Crippen LogP) is -0.335. The van der Waals surface area contributed by atoms with Gasteiger partial charge in [-0.2, -0.15) is 0 Å². The van der Waals surface area contributed by atoms with Crippen molar-refractivity contribution in [2.45, 2.75) is 32.7 Å². The molecule has 0 saturated heterocycles. The molecule has 0 bridgehead atoms. The van der Waals surface area contributed by atoms with Crippen LogP contribution in [0, 0.1) is 0 Å². The van der Waals surface area contributed by atoms with Crippen LogP contribution in [0.25, 0.3) is 0 Å². The lowest BCUT2D eigenvalue weighted by Gasteiger charge is -2.17. The lowest BCUT2D eigenvalue weighted by molar-refractivity contribution is -0.121. The molecule has 0 atom stereocenters. The molecule has 0 heterocycles. The van der Waals surface area contributed by atoms with Crippen LogP contribution < -0.4 is 11.1 Å². The zero-order valence-electron chi connectivity index (χ0n) is 9.54. The van der Waals surface area contributed by atoms with Crippen molar-refractivity contribution in [3.8, 4) is 0 Å². The minimum Gasteiger partial charge on any atom is -0.355 e. The Morgan fingerprint density at radius 3 is 2.33 bits per heavy atom. The van der Waals surface area contributed by atoms with Crippen molar-refractivity contribution in [2.24, 2.45) is 5.73 Å². The van der Waals surface area contributed by atoms with Gasteiger partial charge < -0.3 is 11.1 Å². The first-order chi connectivity index (χ1) is 6.66. The van der Waals surface area contributed by atoms with Crippen LogP contribution in [0.3, 0.4) is 0 Å². The Kier molecular flexibility index (Phi) is 5.23. The van der Waals surface area contributed by atoms with E-state index in [4.69, 9.17) is 5.73 Å². The molecule has 0 aliphatic rings. The number of carbonyl (C=O) groups excluding carboxylic acids is 1. The molecule has 0 aromatic rings. The van der Waals surface area contributed by atoms with Crippen LogP contribution in [0.2, 0.25) is 0 Å². The molecule has 0 aromatic heterocycles.